The Balaban J connectivity index is 1.95. The van der Waals surface area contributed by atoms with Crippen LogP contribution in [-0.4, -0.2) is 6.61 Å². The Bertz CT molecular complexity index is 112. The van der Waals surface area contributed by atoms with Gasteiger partial charge in [-0.3, -0.25) is 0 Å². The van der Waals surface area contributed by atoms with Crippen LogP contribution in [0.25, 0.3) is 0 Å². The van der Waals surface area contributed by atoms with E-state index in [1.165, 1.54) is 12.8 Å². The zero-order valence-electron chi connectivity index (χ0n) is 5.55. The number of allylic oxidation sites excluding steroid dienone is 1. The van der Waals surface area contributed by atoms with Crippen molar-refractivity contribution < 1.29 is 4.74 Å². The molecular formula is C8H12O. The highest BCUT2D eigenvalue weighted by Crippen LogP contribution is 2.29. The van der Waals surface area contributed by atoms with Crippen molar-refractivity contribution in [1.29, 1.82) is 0 Å². The van der Waals surface area contributed by atoms with E-state index >= 15 is 0 Å². The van der Waals surface area contributed by atoms with Crippen LogP contribution in [0.15, 0.2) is 25.0 Å². The van der Waals surface area contributed by atoms with Gasteiger partial charge in [-0.05, 0) is 24.8 Å². The molecule has 0 saturated heterocycles. The molecule has 0 bridgehead atoms. The van der Waals surface area contributed by atoms with Gasteiger partial charge in [-0.25, -0.2) is 0 Å². The van der Waals surface area contributed by atoms with Gasteiger partial charge in [0.1, 0.15) is 6.61 Å². The monoisotopic (exact) mass is 124 g/mol. The summed E-state index contributed by atoms with van der Waals surface area (Å²) in [4.78, 5) is 0. The largest absolute Gasteiger partial charge is 0.497 e. The average Bonchev–Trinajstić information content (AvgIpc) is 2.63. The molecule has 0 amide bonds. The summed E-state index contributed by atoms with van der Waals surface area (Å²) in [7, 11) is 0. The lowest BCUT2D eigenvalue weighted by atomic mass is 10.4. The van der Waals surface area contributed by atoms with E-state index in [-0.39, 0.29) is 0 Å². The van der Waals surface area contributed by atoms with E-state index < -0.39 is 0 Å². The molecule has 9 heavy (non-hydrogen) atoms. The molecule has 0 aromatic carbocycles. The van der Waals surface area contributed by atoms with Gasteiger partial charge in [0.25, 0.3) is 0 Å². The zero-order valence-corrected chi connectivity index (χ0v) is 5.55. The van der Waals surface area contributed by atoms with Crippen LogP contribution in [0.3, 0.4) is 0 Å². The van der Waals surface area contributed by atoms with Crippen molar-refractivity contribution in [2.45, 2.75) is 12.8 Å². The molecule has 1 fully saturated rings. The predicted octanol–water partition coefficient (Wildman–Crippen LogP) is 2.11. The summed E-state index contributed by atoms with van der Waals surface area (Å²) in [5.74, 6) is 0.815. The number of ether oxygens (including phenoxy) is 1. The highest BCUT2D eigenvalue weighted by atomic mass is 16.5. The Hall–Kier alpha value is -0.720. The summed E-state index contributed by atoms with van der Waals surface area (Å²) < 4.78 is 5.04. The standard InChI is InChI=1S/C8H12O/c1-2-6-9-7-5-8-3-4-8/h2,5,7-8H,1,3-4,6H2. The molecule has 0 unspecified atom stereocenters. The Morgan fingerprint density at radius 3 is 2.89 bits per heavy atom. The Kier molecular flexibility index (Phi) is 2.37. The second kappa shape index (κ2) is 3.33. The summed E-state index contributed by atoms with van der Waals surface area (Å²) in [6.07, 6.45) is 8.32. The summed E-state index contributed by atoms with van der Waals surface area (Å²) >= 11 is 0. The van der Waals surface area contributed by atoms with Crippen LogP contribution in [0.4, 0.5) is 0 Å². The van der Waals surface area contributed by atoms with Crippen LogP contribution >= 0.6 is 0 Å². The maximum Gasteiger partial charge on any atom is 0.105 e. The first-order valence-electron chi connectivity index (χ1n) is 3.32. The maximum absolute atomic E-state index is 5.04. The van der Waals surface area contributed by atoms with Crippen molar-refractivity contribution in [2.75, 3.05) is 6.61 Å². The average molecular weight is 124 g/mol. The predicted molar refractivity (Wildman–Crippen MR) is 38.0 cm³/mol. The van der Waals surface area contributed by atoms with Gasteiger partial charge in [0.05, 0.1) is 6.26 Å². The summed E-state index contributed by atoms with van der Waals surface area (Å²) in [6, 6.07) is 0. The van der Waals surface area contributed by atoms with E-state index in [1.54, 1.807) is 12.3 Å². The van der Waals surface area contributed by atoms with E-state index in [0.29, 0.717) is 6.61 Å². The van der Waals surface area contributed by atoms with Gasteiger partial charge in [0, 0.05) is 0 Å². The van der Waals surface area contributed by atoms with E-state index in [2.05, 4.69) is 12.7 Å². The van der Waals surface area contributed by atoms with Crippen molar-refractivity contribution in [3.63, 3.8) is 0 Å². The van der Waals surface area contributed by atoms with E-state index in [9.17, 15) is 0 Å². The second-order valence-corrected chi connectivity index (χ2v) is 2.29. The lowest BCUT2D eigenvalue weighted by Gasteiger charge is -1.90. The minimum absolute atomic E-state index is 0.628. The maximum atomic E-state index is 5.04. The van der Waals surface area contributed by atoms with Crippen LogP contribution in [0.1, 0.15) is 12.8 Å². The minimum atomic E-state index is 0.628. The Morgan fingerprint density at radius 1 is 1.56 bits per heavy atom. The molecule has 1 aliphatic carbocycles. The van der Waals surface area contributed by atoms with Crippen molar-refractivity contribution in [3.05, 3.63) is 25.0 Å². The van der Waals surface area contributed by atoms with Gasteiger partial charge in [0.15, 0.2) is 0 Å². The molecule has 0 aromatic rings. The van der Waals surface area contributed by atoms with Crippen molar-refractivity contribution in [2.24, 2.45) is 5.92 Å². The quantitative estimate of drug-likeness (QED) is 0.317. The molecule has 1 saturated carbocycles. The molecule has 1 aliphatic rings. The van der Waals surface area contributed by atoms with Gasteiger partial charge in [0.2, 0.25) is 0 Å². The van der Waals surface area contributed by atoms with E-state index in [4.69, 9.17) is 4.74 Å². The van der Waals surface area contributed by atoms with Crippen molar-refractivity contribution in [1.82, 2.24) is 0 Å². The molecule has 1 rings (SSSR count). The smallest absolute Gasteiger partial charge is 0.105 e. The van der Waals surface area contributed by atoms with Gasteiger partial charge < -0.3 is 4.74 Å². The third-order valence-electron chi connectivity index (χ3n) is 1.28. The fourth-order valence-electron chi connectivity index (χ4n) is 0.579. The highest BCUT2D eigenvalue weighted by Gasteiger charge is 2.16. The highest BCUT2D eigenvalue weighted by molar-refractivity contribution is 4.92. The Labute approximate surface area is 56.0 Å². The second-order valence-electron chi connectivity index (χ2n) is 2.29. The fourth-order valence-corrected chi connectivity index (χ4v) is 0.579. The van der Waals surface area contributed by atoms with Gasteiger partial charge in [-0.2, -0.15) is 0 Å². The molecule has 0 heterocycles. The molecule has 0 radical (unpaired) electrons. The van der Waals surface area contributed by atoms with E-state index in [1.807, 2.05) is 0 Å². The molecule has 1 heteroatoms. The normalized spacial score (nSPS) is 18.2. The fraction of sp³-hybridized carbons (Fsp3) is 0.500. The van der Waals surface area contributed by atoms with Gasteiger partial charge in [-0.1, -0.05) is 12.7 Å². The number of rotatable bonds is 4. The Morgan fingerprint density at radius 2 is 2.33 bits per heavy atom. The SMILES string of the molecule is C=CCOC=CC1CC1. The van der Waals surface area contributed by atoms with Crippen LogP contribution < -0.4 is 0 Å². The lowest BCUT2D eigenvalue weighted by Crippen LogP contribution is -1.78. The summed E-state index contributed by atoms with van der Waals surface area (Å²) in [6.45, 7) is 4.16. The van der Waals surface area contributed by atoms with Crippen LogP contribution in [-0.2, 0) is 4.74 Å². The summed E-state index contributed by atoms with van der Waals surface area (Å²) in [5.41, 5.74) is 0. The van der Waals surface area contributed by atoms with Crippen LogP contribution in [0, 0.1) is 5.92 Å². The molecular weight excluding hydrogens is 112 g/mol. The number of hydrogen-bond acceptors (Lipinski definition) is 1. The lowest BCUT2D eigenvalue weighted by molar-refractivity contribution is 0.288. The van der Waals surface area contributed by atoms with Crippen molar-refractivity contribution >= 4 is 0 Å². The molecule has 0 N–H and O–H groups in total. The first kappa shape index (κ1) is 6.40. The first-order valence-corrected chi connectivity index (χ1v) is 3.32. The van der Waals surface area contributed by atoms with Crippen LogP contribution in [0.2, 0.25) is 0 Å². The topological polar surface area (TPSA) is 9.23 Å². The van der Waals surface area contributed by atoms with Gasteiger partial charge >= 0.3 is 0 Å². The molecule has 0 atom stereocenters. The summed E-state index contributed by atoms with van der Waals surface area (Å²) in [5, 5.41) is 0. The minimum Gasteiger partial charge on any atom is -0.497 e. The van der Waals surface area contributed by atoms with Crippen LogP contribution in [0.5, 0.6) is 0 Å². The zero-order chi connectivity index (χ0) is 6.53. The molecule has 0 aromatic heterocycles. The molecule has 0 spiro atoms. The number of hydrogen-bond donors (Lipinski definition) is 0. The van der Waals surface area contributed by atoms with Gasteiger partial charge in [-0.15, -0.1) is 0 Å². The third-order valence-corrected chi connectivity index (χ3v) is 1.28. The third kappa shape index (κ3) is 2.96. The van der Waals surface area contributed by atoms with E-state index in [0.717, 1.165) is 5.92 Å². The molecule has 0 aliphatic heterocycles. The molecule has 50 valence electrons. The van der Waals surface area contributed by atoms with Crippen molar-refractivity contribution in [3.8, 4) is 0 Å². The molecule has 1 nitrogen and oxygen atoms in total. The first-order chi connectivity index (χ1) is 4.43.